The van der Waals surface area contributed by atoms with Crippen LogP contribution in [0.15, 0.2) is 24.3 Å². The van der Waals surface area contributed by atoms with Crippen molar-refractivity contribution in [2.45, 2.75) is 39.2 Å². The first kappa shape index (κ1) is 18.3. The van der Waals surface area contributed by atoms with Crippen LogP contribution in [-0.2, 0) is 4.74 Å². The highest BCUT2D eigenvalue weighted by Gasteiger charge is 2.20. The number of nitrogens with zero attached hydrogens (tertiary/aromatic N) is 1. The lowest BCUT2D eigenvalue weighted by Crippen LogP contribution is -2.44. The number of ether oxygens (including phenoxy) is 1. The molecular weight excluding hydrogens is 306 g/mol. The van der Waals surface area contributed by atoms with Crippen molar-refractivity contribution in [3.05, 3.63) is 29.8 Å². The molecule has 0 aliphatic carbocycles. The SMILES string of the molecule is CCCN1CCC(NC(=O)c2ccc(NC(=O)OCC)cc2)CC1. The third-order valence-electron chi connectivity index (χ3n) is 4.13. The van der Waals surface area contributed by atoms with Crippen LogP contribution in [0.3, 0.4) is 0 Å². The van der Waals surface area contributed by atoms with Gasteiger partial charge >= 0.3 is 6.09 Å². The molecule has 0 aromatic heterocycles. The molecule has 1 saturated heterocycles. The largest absolute Gasteiger partial charge is 0.450 e. The molecule has 0 saturated carbocycles. The number of rotatable bonds is 6. The Morgan fingerprint density at radius 1 is 1.17 bits per heavy atom. The molecule has 1 aliphatic rings. The molecule has 0 radical (unpaired) electrons. The molecule has 1 heterocycles. The lowest BCUT2D eigenvalue weighted by atomic mass is 10.0. The molecule has 0 spiro atoms. The fourth-order valence-corrected chi connectivity index (χ4v) is 2.88. The third kappa shape index (κ3) is 5.53. The third-order valence-corrected chi connectivity index (χ3v) is 4.13. The monoisotopic (exact) mass is 333 g/mol. The van der Waals surface area contributed by atoms with Crippen molar-refractivity contribution in [1.29, 1.82) is 0 Å². The summed E-state index contributed by atoms with van der Waals surface area (Å²) in [6.07, 6.45) is 2.67. The van der Waals surface area contributed by atoms with E-state index in [4.69, 9.17) is 4.74 Å². The van der Waals surface area contributed by atoms with Gasteiger partial charge in [-0.25, -0.2) is 4.79 Å². The Morgan fingerprint density at radius 3 is 2.42 bits per heavy atom. The summed E-state index contributed by atoms with van der Waals surface area (Å²) >= 11 is 0. The summed E-state index contributed by atoms with van der Waals surface area (Å²) in [6, 6.07) is 7.07. The zero-order valence-electron chi connectivity index (χ0n) is 14.5. The van der Waals surface area contributed by atoms with E-state index < -0.39 is 6.09 Å². The molecule has 0 atom stereocenters. The normalized spacial score (nSPS) is 15.8. The number of nitrogens with one attached hydrogen (secondary N) is 2. The van der Waals surface area contributed by atoms with Gasteiger partial charge in [0.15, 0.2) is 0 Å². The van der Waals surface area contributed by atoms with Crippen LogP contribution >= 0.6 is 0 Å². The Balaban J connectivity index is 1.81. The summed E-state index contributed by atoms with van der Waals surface area (Å²) in [6.45, 7) is 7.48. The van der Waals surface area contributed by atoms with Crippen LogP contribution in [0, 0.1) is 0 Å². The van der Waals surface area contributed by atoms with E-state index in [9.17, 15) is 9.59 Å². The number of carbonyl (C=O) groups is 2. The van der Waals surface area contributed by atoms with Crippen LogP contribution in [0.5, 0.6) is 0 Å². The second-order valence-electron chi connectivity index (χ2n) is 6.01. The Kier molecular flexibility index (Phi) is 7.06. The minimum Gasteiger partial charge on any atom is -0.450 e. The fourth-order valence-electron chi connectivity index (χ4n) is 2.88. The topological polar surface area (TPSA) is 70.7 Å². The van der Waals surface area contributed by atoms with E-state index in [-0.39, 0.29) is 11.9 Å². The average Bonchev–Trinajstić information content (AvgIpc) is 2.57. The van der Waals surface area contributed by atoms with Gasteiger partial charge in [0.1, 0.15) is 0 Å². The van der Waals surface area contributed by atoms with E-state index in [2.05, 4.69) is 22.5 Å². The maximum Gasteiger partial charge on any atom is 0.411 e. The summed E-state index contributed by atoms with van der Waals surface area (Å²) in [5.41, 5.74) is 1.21. The van der Waals surface area contributed by atoms with Gasteiger partial charge in [0.2, 0.25) is 0 Å². The zero-order chi connectivity index (χ0) is 17.4. The van der Waals surface area contributed by atoms with Gasteiger partial charge in [0.25, 0.3) is 5.91 Å². The molecule has 1 fully saturated rings. The molecule has 6 nitrogen and oxygen atoms in total. The number of likely N-dealkylation sites (tertiary alicyclic amines) is 1. The van der Waals surface area contributed by atoms with Crippen molar-refractivity contribution in [1.82, 2.24) is 10.2 Å². The zero-order valence-corrected chi connectivity index (χ0v) is 14.5. The van der Waals surface area contributed by atoms with Crippen molar-refractivity contribution in [2.24, 2.45) is 0 Å². The van der Waals surface area contributed by atoms with Crippen LogP contribution in [0.4, 0.5) is 10.5 Å². The van der Waals surface area contributed by atoms with E-state index in [1.807, 2.05) is 0 Å². The van der Waals surface area contributed by atoms with E-state index >= 15 is 0 Å². The highest BCUT2D eigenvalue weighted by molar-refractivity contribution is 5.95. The molecule has 132 valence electrons. The molecule has 0 bridgehead atoms. The quantitative estimate of drug-likeness (QED) is 0.840. The molecule has 1 aliphatic heterocycles. The van der Waals surface area contributed by atoms with Gasteiger partial charge in [-0.2, -0.15) is 0 Å². The highest BCUT2D eigenvalue weighted by Crippen LogP contribution is 2.13. The highest BCUT2D eigenvalue weighted by atomic mass is 16.5. The number of hydrogen-bond acceptors (Lipinski definition) is 4. The first-order chi connectivity index (χ1) is 11.6. The van der Waals surface area contributed by atoms with Crippen LogP contribution < -0.4 is 10.6 Å². The molecule has 2 rings (SSSR count). The van der Waals surface area contributed by atoms with E-state index in [1.54, 1.807) is 31.2 Å². The number of carbonyl (C=O) groups excluding carboxylic acids is 2. The first-order valence-corrected chi connectivity index (χ1v) is 8.69. The van der Waals surface area contributed by atoms with Crippen LogP contribution in [0.25, 0.3) is 0 Å². The summed E-state index contributed by atoms with van der Waals surface area (Å²) < 4.78 is 4.82. The van der Waals surface area contributed by atoms with Gasteiger partial charge in [-0.15, -0.1) is 0 Å². The van der Waals surface area contributed by atoms with E-state index in [0.29, 0.717) is 17.9 Å². The van der Waals surface area contributed by atoms with Gasteiger partial charge in [0.05, 0.1) is 6.61 Å². The van der Waals surface area contributed by atoms with Crippen LogP contribution in [0.2, 0.25) is 0 Å². The maximum absolute atomic E-state index is 12.3. The number of anilines is 1. The Hall–Kier alpha value is -2.08. The molecular formula is C18H27N3O3. The van der Waals surface area contributed by atoms with Gasteiger partial charge in [-0.1, -0.05) is 6.92 Å². The van der Waals surface area contributed by atoms with Crippen LogP contribution in [-0.4, -0.2) is 49.2 Å². The summed E-state index contributed by atoms with van der Waals surface area (Å²) in [4.78, 5) is 26.1. The first-order valence-electron chi connectivity index (χ1n) is 8.69. The molecule has 6 heteroatoms. The molecule has 2 amide bonds. The molecule has 0 unspecified atom stereocenters. The van der Waals surface area contributed by atoms with Gasteiger partial charge < -0.3 is 15.0 Å². The Bertz CT molecular complexity index is 537. The van der Waals surface area contributed by atoms with Crippen molar-refractivity contribution in [3.8, 4) is 0 Å². The van der Waals surface area contributed by atoms with Gasteiger partial charge in [-0.3, -0.25) is 10.1 Å². The molecule has 24 heavy (non-hydrogen) atoms. The average molecular weight is 333 g/mol. The lowest BCUT2D eigenvalue weighted by Gasteiger charge is -2.32. The minimum absolute atomic E-state index is 0.0633. The second kappa shape index (κ2) is 9.27. The van der Waals surface area contributed by atoms with Crippen molar-refractivity contribution < 1.29 is 14.3 Å². The summed E-state index contributed by atoms with van der Waals surface area (Å²) in [5, 5.41) is 5.71. The van der Waals surface area contributed by atoms with Gasteiger partial charge in [-0.05, 0) is 57.0 Å². The number of hydrogen-bond donors (Lipinski definition) is 2. The number of amides is 2. The number of benzene rings is 1. The summed E-state index contributed by atoms with van der Waals surface area (Å²) in [5.74, 6) is -0.0633. The molecule has 1 aromatic carbocycles. The van der Waals surface area contributed by atoms with E-state index in [1.165, 1.54) is 6.42 Å². The standard InChI is InChI=1S/C18H27N3O3/c1-3-11-21-12-9-16(10-13-21)19-17(22)14-5-7-15(8-6-14)20-18(23)24-4-2/h5-8,16H,3-4,9-13H2,1-2H3,(H,19,22)(H,20,23). The fraction of sp³-hybridized carbons (Fsp3) is 0.556. The molecule has 1 aromatic rings. The minimum atomic E-state index is -0.492. The molecule has 2 N–H and O–H groups in total. The predicted octanol–water partition coefficient (Wildman–Crippen LogP) is 2.86. The van der Waals surface area contributed by atoms with Crippen LogP contribution in [0.1, 0.15) is 43.5 Å². The predicted molar refractivity (Wildman–Crippen MR) is 94.3 cm³/mol. The van der Waals surface area contributed by atoms with Crippen molar-refractivity contribution in [3.63, 3.8) is 0 Å². The van der Waals surface area contributed by atoms with E-state index in [0.717, 1.165) is 32.5 Å². The second-order valence-corrected chi connectivity index (χ2v) is 6.01. The van der Waals surface area contributed by atoms with Gasteiger partial charge in [0, 0.05) is 30.4 Å². The van der Waals surface area contributed by atoms with Crippen molar-refractivity contribution >= 4 is 17.7 Å². The number of piperidine rings is 1. The summed E-state index contributed by atoms with van der Waals surface area (Å²) in [7, 11) is 0. The Morgan fingerprint density at radius 2 is 1.83 bits per heavy atom. The van der Waals surface area contributed by atoms with Crippen molar-refractivity contribution in [2.75, 3.05) is 31.6 Å². The smallest absolute Gasteiger partial charge is 0.411 e. The Labute approximate surface area is 143 Å². The maximum atomic E-state index is 12.3. The lowest BCUT2D eigenvalue weighted by molar-refractivity contribution is 0.0911.